The lowest BCUT2D eigenvalue weighted by Crippen LogP contribution is -1.93. The lowest BCUT2D eigenvalue weighted by Gasteiger charge is -2.08. The van der Waals surface area contributed by atoms with Gasteiger partial charge in [-0.15, -0.1) is 11.6 Å². The van der Waals surface area contributed by atoms with Crippen LogP contribution in [0.1, 0.15) is 29.9 Å². The second-order valence-electron chi connectivity index (χ2n) is 3.43. The van der Waals surface area contributed by atoms with Crippen LogP contribution in [0.5, 0.6) is 0 Å². The Bertz CT molecular complexity index is 315. The van der Waals surface area contributed by atoms with E-state index in [2.05, 4.69) is 36.4 Å². The van der Waals surface area contributed by atoms with Crippen LogP contribution in [0.2, 0.25) is 0 Å². The maximum absolute atomic E-state index is 5.68. The van der Waals surface area contributed by atoms with E-state index in [9.17, 15) is 0 Å². The number of alkyl halides is 1. The third kappa shape index (κ3) is 1.78. The Hall–Kier alpha value is -0.750. The third-order valence-electron chi connectivity index (χ3n) is 2.55. The summed E-state index contributed by atoms with van der Waals surface area (Å²) < 4.78 is 0. The molecule has 0 aliphatic heterocycles. The van der Waals surface area contributed by atoms with Crippen molar-refractivity contribution in [2.75, 3.05) is 5.88 Å². The molecule has 0 radical (unpaired) electrons. The Morgan fingerprint density at radius 2 is 2.08 bits per heavy atom. The summed E-state index contributed by atoms with van der Waals surface area (Å²) in [5.41, 5.74) is 2.84. The van der Waals surface area contributed by atoms with Crippen molar-refractivity contribution in [3.05, 3.63) is 41.5 Å². The van der Waals surface area contributed by atoms with Gasteiger partial charge in [-0.2, -0.15) is 0 Å². The zero-order valence-electron chi connectivity index (χ0n) is 7.54. The molecule has 0 nitrogen and oxygen atoms in total. The van der Waals surface area contributed by atoms with E-state index in [1.807, 2.05) is 0 Å². The lowest BCUT2D eigenvalue weighted by molar-refractivity contribution is 0.729. The van der Waals surface area contributed by atoms with Crippen LogP contribution in [-0.4, -0.2) is 5.88 Å². The second kappa shape index (κ2) is 3.97. The summed E-state index contributed by atoms with van der Waals surface area (Å²) in [6.07, 6.45) is 6.79. The van der Waals surface area contributed by atoms with Crippen LogP contribution >= 0.6 is 11.6 Å². The first-order valence-corrected chi connectivity index (χ1v) is 5.28. The van der Waals surface area contributed by atoms with Gasteiger partial charge >= 0.3 is 0 Å². The Morgan fingerprint density at radius 1 is 1.23 bits per heavy atom. The summed E-state index contributed by atoms with van der Waals surface area (Å²) in [6, 6.07) is 8.59. The molecule has 13 heavy (non-hydrogen) atoms. The lowest BCUT2D eigenvalue weighted by atomic mass is 9.97. The molecular formula is C12H13Cl. The van der Waals surface area contributed by atoms with E-state index in [0.717, 1.165) is 12.3 Å². The van der Waals surface area contributed by atoms with E-state index in [4.69, 9.17) is 11.6 Å². The first-order valence-electron chi connectivity index (χ1n) is 4.75. The van der Waals surface area contributed by atoms with Crippen LogP contribution in [-0.2, 0) is 0 Å². The fourth-order valence-corrected chi connectivity index (χ4v) is 2.03. The first-order chi connectivity index (χ1) is 6.42. The van der Waals surface area contributed by atoms with Gasteiger partial charge < -0.3 is 0 Å². The van der Waals surface area contributed by atoms with E-state index >= 15 is 0 Å². The minimum absolute atomic E-state index is 0.606. The SMILES string of the molecule is ClCCCC1C=Cc2ccccc21. The molecule has 1 aliphatic rings. The largest absolute Gasteiger partial charge is 0.127 e. The van der Waals surface area contributed by atoms with Crippen LogP contribution in [0.3, 0.4) is 0 Å². The van der Waals surface area contributed by atoms with E-state index < -0.39 is 0 Å². The van der Waals surface area contributed by atoms with Crippen molar-refractivity contribution in [3.8, 4) is 0 Å². The summed E-state index contributed by atoms with van der Waals surface area (Å²) >= 11 is 5.68. The normalized spacial score (nSPS) is 19.0. The van der Waals surface area contributed by atoms with Gasteiger partial charge in [-0.3, -0.25) is 0 Å². The molecular weight excluding hydrogens is 180 g/mol. The minimum Gasteiger partial charge on any atom is -0.127 e. The monoisotopic (exact) mass is 192 g/mol. The molecule has 1 aromatic carbocycles. The van der Waals surface area contributed by atoms with E-state index in [0.29, 0.717) is 5.92 Å². The average Bonchev–Trinajstić information content (AvgIpc) is 2.58. The number of benzene rings is 1. The second-order valence-corrected chi connectivity index (χ2v) is 3.80. The summed E-state index contributed by atoms with van der Waals surface area (Å²) in [6.45, 7) is 0. The number of halogens is 1. The van der Waals surface area contributed by atoms with E-state index in [1.54, 1.807) is 0 Å². The van der Waals surface area contributed by atoms with Gasteiger partial charge in [0.15, 0.2) is 0 Å². The molecule has 1 aromatic rings. The van der Waals surface area contributed by atoms with Gasteiger partial charge in [0, 0.05) is 11.8 Å². The van der Waals surface area contributed by atoms with Crippen LogP contribution in [0.15, 0.2) is 30.3 Å². The Morgan fingerprint density at radius 3 is 2.92 bits per heavy atom. The average molecular weight is 193 g/mol. The summed E-state index contributed by atoms with van der Waals surface area (Å²) in [5.74, 6) is 1.38. The standard InChI is InChI=1S/C12H13Cl/c13-9-3-5-11-8-7-10-4-1-2-6-12(10)11/h1-2,4,6-8,11H,3,5,9H2. The topological polar surface area (TPSA) is 0 Å². The Labute approximate surface area is 84.2 Å². The van der Waals surface area contributed by atoms with Gasteiger partial charge in [-0.05, 0) is 24.0 Å². The molecule has 1 aliphatic carbocycles. The van der Waals surface area contributed by atoms with Crippen LogP contribution in [0, 0.1) is 0 Å². The number of rotatable bonds is 3. The van der Waals surface area contributed by atoms with Gasteiger partial charge in [-0.25, -0.2) is 0 Å². The van der Waals surface area contributed by atoms with Gasteiger partial charge in [-0.1, -0.05) is 36.4 Å². The molecule has 0 spiro atoms. The predicted octanol–water partition coefficient (Wildman–Crippen LogP) is 3.82. The van der Waals surface area contributed by atoms with Crippen molar-refractivity contribution in [2.24, 2.45) is 0 Å². The molecule has 0 bridgehead atoms. The fraction of sp³-hybridized carbons (Fsp3) is 0.333. The van der Waals surface area contributed by atoms with Gasteiger partial charge in [0.25, 0.3) is 0 Å². The molecule has 0 N–H and O–H groups in total. The van der Waals surface area contributed by atoms with Crippen molar-refractivity contribution >= 4 is 17.7 Å². The molecule has 1 atom stereocenters. The Balaban J connectivity index is 2.14. The molecule has 1 unspecified atom stereocenters. The molecule has 68 valence electrons. The molecule has 0 aromatic heterocycles. The summed E-state index contributed by atoms with van der Waals surface area (Å²) in [5, 5.41) is 0. The van der Waals surface area contributed by atoms with Crippen molar-refractivity contribution in [3.63, 3.8) is 0 Å². The Kier molecular flexibility index (Phi) is 2.70. The smallest absolute Gasteiger partial charge is 0.0223 e. The molecule has 0 fully saturated rings. The highest BCUT2D eigenvalue weighted by atomic mass is 35.5. The van der Waals surface area contributed by atoms with Crippen molar-refractivity contribution in [1.29, 1.82) is 0 Å². The third-order valence-corrected chi connectivity index (χ3v) is 2.82. The molecule has 2 rings (SSSR count). The number of hydrogen-bond acceptors (Lipinski definition) is 0. The zero-order chi connectivity index (χ0) is 9.10. The quantitative estimate of drug-likeness (QED) is 0.639. The highest BCUT2D eigenvalue weighted by Crippen LogP contribution is 2.32. The van der Waals surface area contributed by atoms with Crippen LogP contribution in [0.25, 0.3) is 6.08 Å². The van der Waals surface area contributed by atoms with Crippen LogP contribution < -0.4 is 0 Å². The fourth-order valence-electron chi connectivity index (χ4n) is 1.87. The highest BCUT2D eigenvalue weighted by molar-refractivity contribution is 6.17. The molecule has 0 heterocycles. The molecule has 0 amide bonds. The summed E-state index contributed by atoms with van der Waals surface area (Å²) in [7, 11) is 0. The number of hydrogen-bond donors (Lipinski definition) is 0. The maximum Gasteiger partial charge on any atom is 0.0223 e. The van der Waals surface area contributed by atoms with Crippen molar-refractivity contribution in [1.82, 2.24) is 0 Å². The summed E-state index contributed by atoms with van der Waals surface area (Å²) in [4.78, 5) is 0. The minimum atomic E-state index is 0.606. The van der Waals surface area contributed by atoms with Crippen molar-refractivity contribution < 1.29 is 0 Å². The molecule has 1 heteroatoms. The van der Waals surface area contributed by atoms with Gasteiger partial charge in [0.1, 0.15) is 0 Å². The predicted molar refractivity (Wildman–Crippen MR) is 58.2 cm³/mol. The first kappa shape index (κ1) is 8.83. The maximum atomic E-state index is 5.68. The van der Waals surface area contributed by atoms with E-state index in [-0.39, 0.29) is 0 Å². The molecule has 0 saturated heterocycles. The molecule has 0 saturated carbocycles. The zero-order valence-corrected chi connectivity index (χ0v) is 8.30. The van der Waals surface area contributed by atoms with Crippen LogP contribution in [0.4, 0.5) is 0 Å². The highest BCUT2D eigenvalue weighted by Gasteiger charge is 2.15. The van der Waals surface area contributed by atoms with Gasteiger partial charge in [0.2, 0.25) is 0 Å². The van der Waals surface area contributed by atoms with Crippen molar-refractivity contribution in [2.45, 2.75) is 18.8 Å². The number of allylic oxidation sites excluding steroid dienone is 1. The number of fused-ring (bicyclic) bond motifs is 1. The van der Waals surface area contributed by atoms with E-state index in [1.165, 1.54) is 17.5 Å². The van der Waals surface area contributed by atoms with Gasteiger partial charge in [0.05, 0.1) is 0 Å².